The molecule has 2 aromatic rings. The monoisotopic (exact) mass is 349 g/mol. The Balaban J connectivity index is 1.96. The number of fused-ring (bicyclic) bond motifs is 1. The molecule has 0 aliphatic carbocycles. The summed E-state index contributed by atoms with van der Waals surface area (Å²) >= 11 is 0. The number of alkyl halides is 3. The lowest BCUT2D eigenvalue weighted by Crippen LogP contribution is -2.23. The Bertz CT molecular complexity index is 742. The molecule has 1 aliphatic rings. The highest BCUT2D eigenvalue weighted by Crippen LogP contribution is 2.44. The van der Waals surface area contributed by atoms with Gasteiger partial charge in [0.2, 0.25) is 0 Å². The number of anilines is 1. The Hall–Kier alpha value is -2.17. The lowest BCUT2D eigenvalue weighted by Gasteiger charge is -2.20. The number of halogens is 3. The Morgan fingerprint density at radius 2 is 1.84 bits per heavy atom. The lowest BCUT2D eigenvalue weighted by molar-refractivity contribution is -0.137. The van der Waals surface area contributed by atoms with Gasteiger partial charge in [0.05, 0.1) is 5.56 Å². The van der Waals surface area contributed by atoms with E-state index in [1.807, 2.05) is 24.3 Å². The molecule has 0 radical (unpaired) electrons. The van der Waals surface area contributed by atoms with Gasteiger partial charge in [-0.15, -0.1) is 0 Å². The molecule has 2 nitrogen and oxygen atoms in total. The summed E-state index contributed by atoms with van der Waals surface area (Å²) in [5, 5.41) is 10.2. The van der Waals surface area contributed by atoms with E-state index in [1.54, 1.807) is 0 Å². The molecule has 1 atom stereocenters. The minimum atomic E-state index is -4.42. The Kier molecular flexibility index (Phi) is 4.93. The number of phenolic OH excluding ortho intramolecular Hbond substituents is 1. The molecule has 0 fully saturated rings. The zero-order valence-corrected chi connectivity index (χ0v) is 14.2. The summed E-state index contributed by atoms with van der Waals surface area (Å²) in [5.41, 5.74) is 1.66. The summed E-state index contributed by atoms with van der Waals surface area (Å²) in [6.45, 7) is 3.61. The highest BCUT2D eigenvalue weighted by molar-refractivity contribution is 5.64. The number of rotatable bonds is 5. The maximum absolute atomic E-state index is 13.1. The van der Waals surface area contributed by atoms with Gasteiger partial charge in [0.25, 0.3) is 0 Å². The summed E-state index contributed by atoms with van der Waals surface area (Å²) in [4.78, 5) is 2.22. The van der Waals surface area contributed by atoms with Gasteiger partial charge in [0, 0.05) is 30.3 Å². The number of nitrogens with zero attached hydrogens (tertiary/aromatic N) is 1. The predicted molar refractivity (Wildman–Crippen MR) is 93.1 cm³/mol. The number of aromatic hydroxyl groups is 1. The molecule has 3 rings (SSSR count). The van der Waals surface area contributed by atoms with Gasteiger partial charge in [-0.25, -0.2) is 0 Å². The van der Waals surface area contributed by atoms with Crippen LogP contribution >= 0.6 is 0 Å². The van der Waals surface area contributed by atoms with Gasteiger partial charge >= 0.3 is 6.18 Å². The van der Waals surface area contributed by atoms with Crippen LogP contribution in [-0.4, -0.2) is 18.2 Å². The van der Waals surface area contributed by atoms with E-state index >= 15 is 0 Å². The SMILES string of the molecule is CCCCCN1CC(c2cc(C(F)(F)F)ccc2O)c2ccccc21. The van der Waals surface area contributed by atoms with Gasteiger partial charge in [0.15, 0.2) is 0 Å². The second kappa shape index (κ2) is 6.98. The fourth-order valence-electron chi connectivity index (χ4n) is 3.53. The number of hydrogen-bond donors (Lipinski definition) is 1. The van der Waals surface area contributed by atoms with Crippen LogP contribution < -0.4 is 4.90 Å². The number of hydrogen-bond acceptors (Lipinski definition) is 2. The molecule has 1 heterocycles. The Morgan fingerprint density at radius 1 is 1.08 bits per heavy atom. The van der Waals surface area contributed by atoms with E-state index in [9.17, 15) is 18.3 Å². The van der Waals surface area contributed by atoms with Crippen molar-refractivity contribution < 1.29 is 18.3 Å². The third-order valence-corrected chi connectivity index (χ3v) is 4.82. The van der Waals surface area contributed by atoms with Crippen LogP contribution in [0.15, 0.2) is 42.5 Å². The molecule has 134 valence electrons. The second-order valence-corrected chi connectivity index (χ2v) is 6.54. The highest BCUT2D eigenvalue weighted by Gasteiger charge is 2.35. The van der Waals surface area contributed by atoms with E-state index in [2.05, 4.69) is 11.8 Å². The average molecular weight is 349 g/mol. The van der Waals surface area contributed by atoms with Crippen LogP contribution in [0.5, 0.6) is 5.75 Å². The first kappa shape index (κ1) is 17.6. The summed E-state index contributed by atoms with van der Waals surface area (Å²) < 4.78 is 39.2. The lowest BCUT2D eigenvalue weighted by atomic mass is 9.91. The molecule has 25 heavy (non-hydrogen) atoms. The van der Waals surface area contributed by atoms with Crippen LogP contribution in [0.2, 0.25) is 0 Å². The smallest absolute Gasteiger partial charge is 0.416 e. The van der Waals surface area contributed by atoms with Crippen LogP contribution in [0.3, 0.4) is 0 Å². The molecule has 0 aromatic heterocycles. The standard InChI is InChI=1S/C20H22F3NO/c1-2-3-6-11-24-13-17(15-7-4-5-8-18(15)24)16-12-14(20(21,22)23)9-10-19(16)25/h4-5,7-10,12,17,25H,2-3,6,11,13H2,1H3. The van der Waals surface area contributed by atoms with Gasteiger partial charge in [0.1, 0.15) is 5.75 Å². The molecule has 1 unspecified atom stereocenters. The third kappa shape index (κ3) is 3.60. The molecule has 0 amide bonds. The van der Waals surface area contributed by atoms with Crippen LogP contribution in [0.25, 0.3) is 0 Å². The van der Waals surface area contributed by atoms with Crippen molar-refractivity contribution in [1.29, 1.82) is 0 Å². The maximum atomic E-state index is 13.1. The average Bonchev–Trinajstić information content (AvgIpc) is 2.93. The zero-order valence-electron chi connectivity index (χ0n) is 14.2. The van der Waals surface area contributed by atoms with Gasteiger partial charge in [-0.05, 0) is 36.2 Å². The highest BCUT2D eigenvalue weighted by atomic mass is 19.4. The first-order valence-electron chi connectivity index (χ1n) is 8.65. The van der Waals surface area contributed by atoms with E-state index < -0.39 is 11.7 Å². The van der Waals surface area contributed by atoms with Crippen LogP contribution in [0.4, 0.5) is 18.9 Å². The quantitative estimate of drug-likeness (QED) is 0.715. The molecular formula is C20H22F3NO. The molecule has 0 saturated carbocycles. The Labute approximate surface area is 145 Å². The van der Waals surface area contributed by atoms with Gasteiger partial charge in [-0.2, -0.15) is 13.2 Å². The topological polar surface area (TPSA) is 23.5 Å². The summed E-state index contributed by atoms with van der Waals surface area (Å²) in [5.74, 6) is -0.330. The number of benzene rings is 2. The first-order valence-corrected chi connectivity index (χ1v) is 8.65. The zero-order chi connectivity index (χ0) is 18.0. The van der Waals surface area contributed by atoms with E-state index in [-0.39, 0.29) is 11.7 Å². The van der Waals surface area contributed by atoms with E-state index in [0.717, 1.165) is 55.3 Å². The molecule has 0 bridgehead atoms. The summed E-state index contributed by atoms with van der Waals surface area (Å²) in [6.07, 6.45) is -1.13. The van der Waals surface area contributed by atoms with Crippen LogP contribution in [0.1, 0.15) is 48.8 Å². The first-order chi connectivity index (χ1) is 11.9. The van der Waals surface area contributed by atoms with Crippen molar-refractivity contribution in [3.05, 3.63) is 59.2 Å². The molecule has 1 N–H and O–H groups in total. The normalized spacial score (nSPS) is 17.0. The van der Waals surface area contributed by atoms with Gasteiger partial charge in [-0.1, -0.05) is 38.0 Å². The van der Waals surface area contributed by atoms with Crippen molar-refractivity contribution in [3.8, 4) is 5.75 Å². The van der Waals surface area contributed by atoms with Crippen LogP contribution in [0, 0.1) is 0 Å². The van der Waals surface area contributed by atoms with Crippen molar-refractivity contribution in [1.82, 2.24) is 0 Å². The minimum Gasteiger partial charge on any atom is -0.508 e. The molecular weight excluding hydrogens is 327 g/mol. The minimum absolute atomic E-state index is 0.0804. The number of para-hydroxylation sites is 1. The van der Waals surface area contributed by atoms with Gasteiger partial charge < -0.3 is 10.0 Å². The van der Waals surface area contributed by atoms with Crippen molar-refractivity contribution in [2.75, 3.05) is 18.0 Å². The van der Waals surface area contributed by atoms with E-state index in [1.165, 1.54) is 0 Å². The fourth-order valence-corrected chi connectivity index (χ4v) is 3.53. The largest absolute Gasteiger partial charge is 0.508 e. The van der Waals surface area contributed by atoms with Crippen molar-refractivity contribution in [3.63, 3.8) is 0 Å². The predicted octanol–water partition coefficient (Wildman–Crippen LogP) is 5.55. The summed E-state index contributed by atoms with van der Waals surface area (Å²) in [7, 11) is 0. The molecule has 1 aliphatic heterocycles. The molecule has 0 saturated heterocycles. The van der Waals surface area contributed by atoms with Crippen molar-refractivity contribution in [2.24, 2.45) is 0 Å². The third-order valence-electron chi connectivity index (χ3n) is 4.82. The Morgan fingerprint density at radius 3 is 2.56 bits per heavy atom. The molecule has 2 aromatic carbocycles. The number of unbranched alkanes of at least 4 members (excludes halogenated alkanes) is 2. The maximum Gasteiger partial charge on any atom is 0.416 e. The van der Waals surface area contributed by atoms with E-state index in [0.29, 0.717) is 12.1 Å². The van der Waals surface area contributed by atoms with Gasteiger partial charge in [-0.3, -0.25) is 0 Å². The summed E-state index contributed by atoms with van der Waals surface area (Å²) in [6, 6.07) is 11.0. The van der Waals surface area contributed by atoms with E-state index in [4.69, 9.17) is 0 Å². The number of phenols is 1. The molecule has 5 heteroatoms. The fraction of sp³-hybridized carbons (Fsp3) is 0.400. The van der Waals surface area contributed by atoms with Crippen molar-refractivity contribution >= 4 is 5.69 Å². The second-order valence-electron chi connectivity index (χ2n) is 6.54. The van der Waals surface area contributed by atoms with Crippen LogP contribution in [-0.2, 0) is 6.18 Å². The van der Waals surface area contributed by atoms with Crippen molar-refractivity contribution in [2.45, 2.75) is 38.3 Å². The molecule has 0 spiro atoms.